The van der Waals surface area contributed by atoms with Gasteiger partial charge in [-0.05, 0) is 26.6 Å². The van der Waals surface area contributed by atoms with E-state index < -0.39 is 7.12 Å². The van der Waals surface area contributed by atoms with Gasteiger partial charge in [0.2, 0.25) is 0 Å². The summed E-state index contributed by atoms with van der Waals surface area (Å²) in [6, 6.07) is 0. The lowest BCUT2D eigenvalue weighted by Gasteiger charge is -2.14. The molecular weight excluding hydrogens is 131 g/mol. The summed E-state index contributed by atoms with van der Waals surface area (Å²) in [5.41, 5.74) is 5.26. The van der Waals surface area contributed by atoms with Crippen LogP contribution in [0, 0.1) is 0 Å². The first kappa shape index (κ1) is 9.90. The van der Waals surface area contributed by atoms with Crippen molar-refractivity contribution in [1.82, 2.24) is 4.90 Å². The molecule has 0 aliphatic carbocycles. The van der Waals surface area contributed by atoms with Crippen molar-refractivity contribution in [2.24, 2.45) is 5.73 Å². The van der Waals surface area contributed by atoms with Crippen molar-refractivity contribution in [3.63, 3.8) is 0 Å². The number of nitrogens with zero attached hydrogens (tertiary/aromatic N) is 1. The van der Waals surface area contributed by atoms with E-state index in [2.05, 4.69) is 0 Å². The quantitative estimate of drug-likeness (QED) is 0.403. The van der Waals surface area contributed by atoms with Gasteiger partial charge in [-0.2, -0.15) is 0 Å². The molecule has 4 nitrogen and oxygen atoms in total. The zero-order valence-corrected chi connectivity index (χ0v) is 6.32. The topological polar surface area (TPSA) is 69.7 Å². The van der Waals surface area contributed by atoms with E-state index in [-0.39, 0.29) is 0 Å². The van der Waals surface area contributed by atoms with Crippen LogP contribution in [0.3, 0.4) is 0 Å². The third kappa shape index (κ3) is 6.03. The molecule has 60 valence electrons. The van der Waals surface area contributed by atoms with Crippen LogP contribution in [0.1, 0.15) is 6.42 Å². The Labute approximate surface area is 61.8 Å². The van der Waals surface area contributed by atoms with Crippen molar-refractivity contribution in [3.05, 3.63) is 0 Å². The lowest BCUT2D eigenvalue weighted by molar-refractivity contribution is 0.318. The standard InChI is InChI=1S/C5H15BN2O2/c1-8(4-2-3-7)5-6(9)10/h9-10H,2-5,7H2,1H3. The van der Waals surface area contributed by atoms with E-state index in [4.69, 9.17) is 15.8 Å². The molecule has 0 fully saturated rings. The van der Waals surface area contributed by atoms with Crippen LogP contribution in [0.25, 0.3) is 0 Å². The summed E-state index contributed by atoms with van der Waals surface area (Å²) in [7, 11) is 0.595. The Balaban J connectivity index is 3.16. The molecule has 0 radical (unpaired) electrons. The second-order valence-corrected chi connectivity index (χ2v) is 2.39. The predicted octanol–water partition coefficient (Wildman–Crippen LogP) is -1.72. The predicted molar refractivity (Wildman–Crippen MR) is 41.4 cm³/mol. The summed E-state index contributed by atoms with van der Waals surface area (Å²) in [6.45, 7) is 1.46. The van der Waals surface area contributed by atoms with E-state index in [1.165, 1.54) is 0 Å². The molecule has 4 N–H and O–H groups in total. The largest absolute Gasteiger partial charge is 0.466 e. The maximum absolute atomic E-state index is 8.50. The summed E-state index contributed by atoms with van der Waals surface area (Å²) in [5.74, 6) is 0. The van der Waals surface area contributed by atoms with Crippen molar-refractivity contribution >= 4 is 7.12 Å². The molecule has 0 heterocycles. The molecule has 0 atom stereocenters. The molecule has 0 aromatic rings. The zero-order valence-electron chi connectivity index (χ0n) is 6.32. The Kier molecular flexibility index (Phi) is 5.62. The van der Waals surface area contributed by atoms with E-state index in [0.717, 1.165) is 13.0 Å². The molecule has 0 aliphatic heterocycles. The van der Waals surface area contributed by atoms with Gasteiger partial charge in [0.15, 0.2) is 0 Å². The first-order chi connectivity index (χ1) is 4.66. The maximum Gasteiger partial charge on any atom is 0.466 e. The van der Waals surface area contributed by atoms with Crippen LogP contribution in [0.15, 0.2) is 0 Å². The van der Waals surface area contributed by atoms with Gasteiger partial charge in [0.05, 0.1) is 0 Å². The average molecular weight is 146 g/mol. The fraction of sp³-hybridized carbons (Fsp3) is 1.00. The van der Waals surface area contributed by atoms with Gasteiger partial charge in [-0.15, -0.1) is 0 Å². The van der Waals surface area contributed by atoms with Gasteiger partial charge in [0.1, 0.15) is 0 Å². The lowest BCUT2D eigenvalue weighted by Crippen LogP contribution is -2.33. The van der Waals surface area contributed by atoms with E-state index in [1.54, 1.807) is 0 Å². The van der Waals surface area contributed by atoms with Gasteiger partial charge in [-0.25, -0.2) is 0 Å². The molecule has 5 heteroatoms. The fourth-order valence-electron chi connectivity index (χ4n) is 0.731. The summed E-state index contributed by atoms with van der Waals surface area (Å²) in [5, 5.41) is 17.0. The highest BCUT2D eigenvalue weighted by Gasteiger charge is 2.09. The summed E-state index contributed by atoms with van der Waals surface area (Å²) < 4.78 is 0. The van der Waals surface area contributed by atoms with Crippen molar-refractivity contribution in [2.75, 3.05) is 26.6 Å². The number of rotatable bonds is 5. The smallest absolute Gasteiger partial charge is 0.426 e. The van der Waals surface area contributed by atoms with Crippen LogP contribution in [-0.4, -0.2) is 48.6 Å². The van der Waals surface area contributed by atoms with E-state index >= 15 is 0 Å². The normalized spacial score (nSPS) is 10.5. The number of hydrogen-bond donors (Lipinski definition) is 3. The maximum atomic E-state index is 8.50. The highest BCUT2D eigenvalue weighted by Crippen LogP contribution is 1.85. The van der Waals surface area contributed by atoms with Gasteiger partial charge >= 0.3 is 7.12 Å². The van der Waals surface area contributed by atoms with Gasteiger partial charge < -0.3 is 20.7 Å². The Morgan fingerprint density at radius 2 is 2.10 bits per heavy atom. The van der Waals surface area contributed by atoms with Crippen LogP contribution in [0.5, 0.6) is 0 Å². The minimum absolute atomic E-state index is 0.292. The Hall–Kier alpha value is -0.0951. The molecule has 0 spiro atoms. The van der Waals surface area contributed by atoms with Gasteiger partial charge in [0.25, 0.3) is 0 Å². The molecule has 0 rings (SSSR count). The molecular formula is C5H15BN2O2. The SMILES string of the molecule is CN(CCCN)CB(O)O. The lowest BCUT2D eigenvalue weighted by atomic mass is 9.91. The second kappa shape index (κ2) is 5.67. The molecule has 0 aromatic heterocycles. The minimum Gasteiger partial charge on any atom is -0.426 e. The van der Waals surface area contributed by atoms with E-state index in [0.29, 0.717) is 13.0 Å². The van der Waals surface area contributed by atoms with Crippen LogP contribution in [0.2, 0.25) is 0 Å². The monoisotopic (exact) mass is 146 g/mol. The van der Waals surface area contributed by atoms with E-state index in [1.807, 2.05) is 11.9 Å². The third-order valence-electron chi connectivity index (χ3n) is 1.22. The molecule has 0 saturated heterocycles. The molecule has 0 aliphatic rings. The second-order valence-electron chi connectivity index (χ2n) is 2.39. The third-order valence-corrected chi connectivity index (χ3v) is 1.22. The van der Waals surface area contributed by atoms with Crippen LogP contribution in [0.4, 0.5) is 0 Å². The Bertz CT molecular complexity index is 82.0. The number of nitrogens with two attached hydrogens (primary N) is 1. The van der Waals surface area contributed by atoms with Crippen LogP contribution in [-0.2, 0) is 0 Å². The molecule has 0 bridgehead atoms. The summed E-state index contributed by atoms with van der Waals surface area (Å²) >= 11 is 0. The molecule has 0 saturated carbocycles. The summed E-state index contributed by atoms with van der Waals surface area (Å²) in [4.78, 5) is 1.83. The highest BCUT2D eigenvalue weighted by atomic mass is 16.4. The van der Waals surface area contributed by atoms with Crippen molar-refractivity contribution in [1.29, 1.82) is 0 Å². The van der Waals surface area contributed by atoms with Crippen molar-refractivity contribution < 1.29 is 10.0 Å². The molecule has 0 aromatic carbocycles. The zero-order chi connectivity index (χ0) is 7.98. The average Bonchev–Trinajstić information content (AvgIpc) is 1.82. The molecule has 10 heavy (non-hydrogen) atoms. The molecule has 0 amide bonds. The Morgan fingerprint density at radius 3 is 2.50 bits per heavy atom. The van der Waals surface area contributed by atoms with E-state index in [9.17, 15) is 0 Å². The van der Waals surface area contributed by atoms with Crippen molar-refractivity contribution in [3.8, 4) is 0 Å². The summed E-state index contributed by atoms with van der Waals surface area (Å²) in [6.07, 6.45) is 1.18. The Morgan fingerprint density at radius 1 is 1.50 bits per heavy atom. The van der Waals surface area contributed by atoms with Gasteiger partial charge in [-0.3, -0.25) is 0 Å². The minimum atomic E-state index is -1.23. The number of hydrogen-bond acceptors (Lipinski definition) is 4. The highest BCUT2D eigenvalue weighted by molar-refractivity contribution is 6.41. The fourth-order valence-corrected chi connectivity index (χ4v) is 0.731. The van der Waals surface area contributed by atoms with Crippen LogP contribution < -0.4 is 5.73 Å². The van der Waals surface area contributed by atoms with Crippen LogP contribution >= 0.6 is 0 Å². The molecule has 0 unspecified atom stereocenters. The van der Waals surface area contributed by atoms with Gasteiger partial charge in [-0.1, -0.05) is 0 Å². The first-order valence-corrected chi connectivity index (χ1v) is 3.41. The first-order valence-electron chi connectivity index (χ1n) is 3.41. The van der Waals surface area contributed by atoms with Gasteiger partial charge in [0, 0.05) is 6.44 Å². The van der Waals surface area contributed by atoms with Crippen molar-refractivity contribution in [2.45, 2.75) is 6.42 Å².